The number of nitrogens with two attached hydrogens (primary N) is 1. The van der Waals surface area contributed by atoms with Crippen molar-refractivity contribution in [3.8, 4) is 17.5 Å². The summed E-state index contributed by atoms with van der Waals surface area (Å²) in [6.07, 6.45) is 1.85. The number of H-pyrrole nitrogens is 1. The molecule has 0 aliphatic heterocycles. The molecule has 3 N–H and O–H groups in total. The Hall–Kier alpha value is -2.30. The summed E-state index contributed by atoms with van der Waals surface area (Å²) in [5, 5.41) is 10.4. The number of benzene rings is 1. The van der Waals surface area contributed by atoms with Crippen molar-refractivity contribution in [3.05, 3.63) is 52.8 Å². The lowest BCUT2D eigenvalue weighted by Gasteiger charge is -1.99. The molecule has 0 amide bonds. The number of hydrogen-bond donors (Lipinski definition) is 3. The van der Waals surface area contributed by atoms with E-state index in [4.69, 9.17) is 11.0 Å². The van der Waals surface area contributed by atoms with E-state index in [1.807, 2.05) is 23.7 Å². The van der Waals surface area contributed by atoms with Gasteiger partial charge < -0.3 is 10.7 Å². The molecular weight excluding hydrogens is 319 g/mol. The Bertz CT molecular complexity index is 804. The smallest absolute Gasteiger partial charge is 0.143 e. The van der Waals surface area contributed by atoms with Crippen molar-refractivity contribution in [2.45, 2.75) is 11.8 Å². The van der Waals surface area contributed by atoms with Gasteiger partial charge in [-0.15, -0.1) is 12.6 Å². The van der Waals surface area contributed by atoms with Gasteiger partial charge in [0.25, 0.3) is 0 Å². The molecule has 0 spiro atoms. The molecule has 3 aromatic rings. The minimum Gasteiger partial charge on any atom is -0.398 e. The average Bonchev–Trinajstić information content (AvgIpc) is 3.14. The maximum absolute atomic E-state index is 12.7. The van der Waals surface area contributed by atoms with Crippen LogP contribution in [-0.4, -0.2) is 9.36 Å². The summed E-state index contributed by atoms with van der Waals surface area (Å²) >= 11 is 5.63. The number of aromatic nitrogens is 2. The number of nitrogens with one attached hydrogen (secondary N) is 1. The van der Waals surface area contributed by atoms with E-state index >= 15 is 0 Å². The normalized spacial score (nSPS) is 9.73. The predicted octanol–water partition coefficient (Wildman–Crippen LogP) is 4.01. The first-order valence-corrected chi connectivity index (χ1v) is 7.53. The average molecular weight is 332 g/mol. The molecule has 4 nitrogen and oxygen atoms in total. The van der Waals surface area contributed by atoms with Gasteiger partial charge in [-0.05, 0) is 48.3 Å². The summed E-state index contributed by atoms with van der Waals surface area (Å²) in [5.74, 6) is -0.560. The van der Waals surface area contributed by atoms with E-state index in [9.17, 15) is 4.39 Å². The highest BCUT2D eigenvalue weighted by molar-refractivity contribution is 7.80. The third-order valence-electron chi connectivity index (χ3n) is 2.86. The van der Waals surface area contributed by atoms with Crippen LogP contribution >= 0.6 is 24.2 Å². The molecule has 2 aromatic heterocycles. The fourth-order valence-electron chi connectivity index (χ4n) is 1.66. The molecule has 0 saturated heterocycles. The number of aryl methyl sites for hydroxylation is 1. The molecule has 0 atom stereocenters. The number of nitrogens with zero attached hydrogens (tertiary/aromatic N) is 2. The van der Waals surface area contributed by atoms with Gasteiger partial charge in [0.15, 0.2) is 0 Å². The summed E-state index contributed by atoms with van der Waals surface area (Å²) in [7, 11) is 0. The fourth-order valence-corrected chi connectivity index (χ4v) is 2.38. The van der Waals surface area contributed by atoms with Gasteiger partial charge in [0, 0.05) is 22.2 Å². The van der Waals surface area contributed by atoms with Crippen LogP contribution in [0.15, 0.2) is 40.7 Å². The third-order valence-corrected chi connectivity index (χ3v) is 3.68. The van der Waals surface area contributed by atoms with Crippen LogP contribution in [0.5, 0.6) is 0 Å². The minimum absolute atomic E-state index is 0.0386. The summed E-state index contributed by atoms with van der Waals surface area (Å²) in [6, 6.07) is 8.26. The first-order valence-electron chi connectivity index (χ1n) is 6.25. The quantitative estimate of drug-likeness (QED) is 0.465. The fraction of sp³-hybridized carbons (Fsp3) is 0.0667. The van der Waals surface area contributed by atoms with Crippen LogP contribution in [0.1, 0.15) is 11.1 Å². The van der Waals surface area contributed by atoms with Crippen LogP contribution in [0.25, 0.3) is 11.4 Å². The maximum atomic E-state index is 12.7. The van der Waals surface area contributed by atoms with E-state index in [0.29, 0.717) is 5.69 Å². The second-order valence-corrected chi connectivity index (χ2v) is 5.64. The van der Waals surface area contributed by atoms with Crippen LogP contribution in [0.3, 0.4) is 0 Å². The standard InChI is InChI=1S/C8H7FN2.C7H6N2S2/c1-5-2-6(4-10)7(9)3-8(5)11;10-5-3-7(8-4-5)6-1-2-11-9-6/h2-3H,11H2,1H3;1-4,8,10H. The second-order valence-electron chi connectivity index (χ2n) is 4.46. The van der Waals surface area contributed by atoms with Crippen LogP contribution in [0.2, 0.25) is 0 Å². The Morgan fingerprint density at radius 1 is 1.41 bits per heavy atom. The third kappa shape index (κ3) is 3.87. The monoisotopic (exact) mass is 332 g/mol. The Kier molecular flexibility index (Phi) is 5.20. The highest BCUT2D eigenvalue weighted by atomic mass is 32.1. The molecular formula is C15H13FN4S2. The van der Waals surface area contributed by atoms with Gasteiger partial charge in [-0.1, -0.05) is 0 Å². The lowest BCUT2D eigenvalue weighted by molar-refractivity contribution is 0.624. The maximum Gasteiger partial charge on any atom is 0.143 e. The molecule has 1 aromatic carbocycles. The van der Waals surface area contributed by atoms with E-state index in [2.05, 4.69) is 22.0 Å². The van der Waals surface area contributed by atoms with Crippen molar-refractivity contribution >= 4 is 29.8 Å². The van der Waals surface area contributed by atoms with Gasteiger partial charge in [0.2, 0.25) is 0 Å². The molecule has 0 fully saturated rings. The van der Waals surface area contributed by atoms with Crippen molar-refractivity contribution in [2.24, 2.45) is 0 Å². The summed E-state index contributed by atoms with van der Waals surface area (Å²) in [6.45, 7) is 1.73. The second kappa shape index (κ2) is 7.11. The van der Waals surface area contributed by atoms with Crippen LogP contribution in [0, 0.1) is 24.1 Å². The van der Waals surface area contributed by atoms with Gasteiger partial charge >= 0.3 is 0 Å². The number of rotatable bonds is 1. The van der Waals surface area contributed by atoms with Crippen LogP contribution in [0.4, 0.5) is 10.1 Å². The molecule has 3 rings (SSSR count). The van der Waals surface area contributed by atoms with E-state index in [1.165, 1.54) is 17.6 Å². The number of aromatic amines is 1. The molecule has 0 aliphatic rings. The van der Waals surface area contributed by atoms with Crippen molar-refractivity contribution in [1.29, 1.82) is 5.26 Å². The highest BCUT2D eigenvalue weighted by Gasteiger charge is 2.03. The van der Waals surface area contributed by atoms with E-state index in [0.717, 1.165) is 27.9 Å². The molecule has 112 valence electrons. The van der Waals surface area contributed by atoms with Gasteiger partial charge in [0.1, 0.15) is 17.6 Å². The first kappa shape index (κ1) is 16.1. The highest BCUT2D eigenvalue weighted by Crippen LogP contribution is 2.19. The van der Waals surface area contributed by atoms with Gasteiger partial charge in [-0.25, -0.2) is 4.39 Å². The molecule has 0 bridgehead atoms. The van der Waals surface area contributed by atoms with Crippen molar-refractivity contribution in [2.75, 3.05) is 5.73 Å². The zero-order valence-corrected chi connectivity index (χ0v) is 13.4. The zero-order chi connectivity index (χ0) is 16.1. The number of halogens is 1. The van der Waals surface area contributed by atoms with E-state index < -0.39 is 5.82 Å². The summed E-state index contributed by atoms with van der Waals surface area (Å²) in [5.41, 5.74) is 8.54. The lowest BCUT2D eigenvalue weighted by Crippen LogP contribution is -1.93. The number of nitriles is 1. The van der Waals surface area contributed by atoms with Gasteiger partial charge in [0.05, 0.1) is 11.3 Å². The molecule has 22 heavy (non-hydrogen) atoms. The van der Waals surface area contributed by atoms with Gasteiger partial charge in [-0.2, -0.15) is 9.64 Å². The Labute approximate surface area is 137 Å². The van der Waals surface area contributed by atoms with Crippen LogP contribution < -0.4 is 5.73 Å². The zero-order valence-electron chi connectivity index (χ0n) is 11.7. The molecule has 0 radical (unpaired) electrons. The molecule has 0 saturated carbocycles. The number of anilines is 1. The SMILES string of the molecule is Cc1cc(C#N)c(F)cc1N.Sc1c[nH]c(-c2ccsn2)c1. The number of nitrogen functional groups attached to an aromatic ring is 1. The molecule has 0 unspecified atom stereocenters. The molecule has 7 heteroatoms. The Balaban J connectivity index is 0.000000160. The Morgan fingerprint density at radius 2 is 2.18 bits per heavy atom. The van der Waals surface area contributed by atoms with Crippen molar-refractivity contribution < 1.29 is 4.39 Å². The van der Waals surface area contributed by atoms with E-state index in [-0.39, 0.29) is 5.56 Å². The van der Waals surface area contributed by atoms with Crippen LogP contribution in [-0.2, 0) is 0 Å². The van der Waals surface area contributed by atoms with Gasteiger partial charge in [-0.3, -0.25) is 0 Å². The molecule has 0 aliphatic carbocycles. The van der Waals surface area contributed by atoms with Crippen molar-refractivity contribution in [3.63, 3.8) is 0 Å². The summed E-state index contributed by atoms with van der Waals surface area (Å²) < 4.78 is 16.9. The first-order chi connectivity index (χ1) is 10.5. The topological polar surface area (TPSA) is 78.5 Å². The largest absolute Gasteiger partial charge is 0.398 e. The predicted molar refractivity (Wildman–Crippen MR) is 89.4 cm³/mol. The Morgan fingerprint density at radius 3 is 2.73 bits per heavy atom. The van der Waals surface area contributed by atoms with E-state index in [1.54, 1.807) is 13.0 Å². The lowest BCUT2D eigenvalue weighted by atomic mass is 10.1. The molecule has 2 heterocycles. The minimum atomic E-state index is -0.560. The van der Waals surface area contributed by atoms with Crippen molar-refractivity contribution in [1.82, 2.24) is 9.36 Å². The number of thiol groups is 1. The number of hydrogen-bond acceptors (Lipinski definition) is 5. The summed E-state index contributed by atoms with van der Waals surface area (Å²) in [4.78, 5) is 4.01.